The average molecular weight is 427 g/mol. The van der Waals surface area contributed by atoms with Crippen LogP contribution < -0.4 is 0 Å². The van der Waals surface area contributed by atoms with Crippen molar-refractivity contribution in [1.82, 2.24) is 0 Å². The van der Waals surface area contributed by atoms with Gasteiger partial charge in [-0.15, -0.1) is 0 Å². The zero-order valence-electron chi connectivity index (χ0n) is 22.0. The summed E-state index contributed by atoms with van der Waals surface area (Å²) in [6.45, 7) is 20.2. The molecule has 0 bridgehead atoms. The second-order valence-corrected chi connectivity index (χ2v) is 15.2. The Balaban J connectivity index is 1.65. The average Bonchev–Trinajstić information content (AvgIpc) is 2.65. The lowest BCUT2D eigenvalue weighted by Crippen LogP contribution is -2.72. The van der Waals surface area contributed by atoms with E-state index in [-0.39, 0.29) is 16.2 Å². The fourth-order valence-corrected chi connectivity index (χ4v) is 10.5. The third kappa shape index (κ3) is 2.60. The Bertz CT molecular complexity index is 818. The first-order valence-corrected chi connectivity index (χ1v) is 13.6. The number of hydrogen-bond acceptors (Lipinski definition) is 1. The summed E-state index contributed by atoms with van der Waals surface area (Å²) in [4.78, 5) is 0. The third-order valence-corrected chi connectivity index (χ3v) is 12.9. The maximum Gasteiger partial charge on any atom is 0.0768 e. The maximum absolute atomic E-state index is 12.9. The van der Waals surface area contributed by atoms with Crippen LogP contribution in [0.25, 0.3) is 0 Å². The van der Waals surface area contributed by atoms with E-state index >= 15 is 0 Å². The van der Waals surface area contributed by atoms with Gasteiger partial charge < -0.3 is 5.11 Å². The molecule has 0 aromatic carbocycles. The van der Waals surface area contributed by atoms with Gasteiger partial charge in [0.15, 0.2) is 0 Å². The molecule has 6 atom stereocenters. The van der Waals surface area contributed by atoms with Crippen LogP contribution in [0.15, 0.2) is 11.1 Å². The van der Waals surface area contributed by atoms with E-state index in [2.05, 4.69) is 55.4 Å². The van der Waals surface area contributed by atoms with Crippen LogP contribution in [0.2, 0.25) is 0 Å². The number of aliphatic hydroxyl groups is 1. The second kappa shape index (κ2) is 6.22. The highest BCUT2D eigenvalue weighted by atomic mass is 16.3. The Kier molecular flexibility index (Phi) is 4.51. The molecule has 4 fully saturated rings. The van der Waals surface area contributed by atoms with E-state index in [1.165, 1.54) is 64.2 Å². The van der Waals surface area contributed by atoms with Crippen LogP contribution in [0, 0.1) is 38.4 Å². The van der Waals surface area contributed by atoms with Crippen molar-refractivity contribution in [1.29, 1.82) is 0 Å². The molecule has 176 valence electrons. The molecule has 1 nitrogen and oxygen atoms in total. The Morgan fingerprint density at radius 2 is 1.39 bits per heavy atom. The first-order chi connectivity index (χ1) is 14.1. The molecule has 0 radical (unpaired) electrons. The molecule has 0 saturated heterocycles. The first-order valence-electron chi connectivity index (χ1n) is 13.6. The highest BCUT2D eigenvalue weighted by molar-refractivity contribution is 5.40. The topological polar surface area (TPSA) is 20.2 Å². The minimum atomic E-state index is -0.530. The summed E-state index contributed by atoms with van der Waals surface area (Å²) in [5.74, 6) is 0.659. The van der Waals surface area contributed by atoms with Crippen LogP contribution in [0.5, 0.6) is 0 Å². The zero-order valence-corrected chi connectivity index (χ0v) is 22.0. The summed E-state index contributed by atoms with van der Waals surface area (Å²) in [7, 11) is 0. The number of hydrogen-bond donors (Lipinski definition) is 1. The van der Waals surface area contributed by atoms with Crippen LogP contribution in [-0.4, -0.2) is 10.7 Å². The molecule has 31 heavy (non-hydrogen) atoms. The Labute approximate surface area is 192 Å². The van der Waals surface area contributed by atoms with Gasteiger partial charge in [0.2, 0.25) is 0 Å². The number of fused-ring (bicyclic) bond motifs is 6. The van der Waals surface area contributed by atoms with E-state index in [0.717, 1.165) is 12.8 Å². The van der Waals surface area contributed by atoms with Crippen LogP contribution in [0.3, 0.4) is 0 Å². The lowest BCUT2D eigenvalue weighted by atomic mass is 9.32. The van der Waals surface area contributed by atoms with E-state index in [9.17, 15) is 5.11 Å². The molecular weight excluding hydrogens is 376 g/mol. The summed E-state index contributed by atoms with van der Waals surface area (Å²) in [5, 5.41) is 12.9. The van der Waals surface area contributed by atoms with Gasteiger partial charge in [0, 0.05) is 10.8 Å². The van der Waals surface area contributed by atoms with Crippen molar-refractivity contribution in [3.63, 3.8) is 0 Å². The number of rotatable bonds is 0. The van der Waals surface area contributed by atoms with Gasteiger partial charge in [0.05, 0.1) is 5.60 Å². The monoisotopic (exact) mass is 426 g/mol. The van der Waals surface area contributed by atoms with Crippen LogP contribution >= 0.6 is 0 Å². The molecule has 5 rings (SSSR count). The maximum atomic E-state index is 12.9. The predicted octanol–water partition coefficient (Wildman–Crippen LogP) is 8.46. The molecule has 5 aliphatic rings. The SMILES string of the molecule is CC1(C)CC[C@]2(C)CC[C@]3(C)C(=C2C1)CC[C@@]1(O)[C@@]3(C)CC[C@H]2C(C)(C)CCC[C@@]21C. The smallest absolute Gasteiger partial charge is 0.0768 e. The van der Waals surface area contributed by atoms with Gasteiger partial charge in [-0.1, -0.05) is 73.0 Å². The van der Waals surface area contributed by atoms with Crippen LogP contribution in [-0.2, 0) is 0 Å². The normalized spacial score (nSPS) is 53.1. The summed E-state index contributed by atoms with van der Waals surface area (Å²) in [5.41, 5.74) is 4.55. The van der Waals surface area contributed by atoms with Gasteiger partial charge in [-0.25, -0.2) is 0 Å². The largest absolute Gasteiger partial charge is 0.389 e. The zero-order chi connectivity index (χ0) is 22.7. The van der Waals surface area contributed by atoms with Crippen molar-refractivity contribution in [2.45, 2.75) is 138 Å². The fourth-order valence-electron chi connectivity index (χ4n) is 10.5. The second-order valence-electron chi connectivity index (χ2n) is 15.2. The summed E-state index contributed by atoms with van der Waals surface area (Å²) in [6.07, 6.45) is 15.1. The van der Waals surface area contributed by atoms with Crippen LogP contribution in [0.1, 0.15) is 132 Å². The van der Waals surface area contributed by atoms with E-state index in [4.69, 9.17) is 0 Å². The quantitative estimate of drug-likeness (QED) is 0.385. The summed E-state index contributed by atoms with van der Waals surface area (Å²) in [6, 6.07) is 0. The van der Waals surface area contributed by atoms with Crippen molar-refractivity contribution in [3.05, 3.63) is 11.1 Å². The highest BCUT2D eigenvalue weighted by Crippen LogP contribution is 2.76. The Morgan fingerprint density at radius 3 is 2.10 bits per heavy atom. The van der Waals surface area contributed by atoms with Crippen molar-refractivity contribution < 1.29 is 5.11 Å². The van der Waals surface area contributed by atoms with Crippen molar-refractivity contribution >= 4 is 0 Å². The van der Waals surface area contributed by atoms with Gasteiger partial charge >= 0.3 is 0 Å². The fraction of sp³-hybridized carbons (Fsp3) is 0.933. The predicted molar refractivity (Wildman–Crippen MR) is 131 cm³/mol. The lowest BCUT2D eigenvalue weighted by Gasteiger charge is -2.74. The van der Waals surface area contributed by atoms with Gasteiger partial charge in [-0.05, 0) is 98.2 Å². The molecule has 0 spiro atoms. The molecule has 0 aliphatic heterocycles. The summed E-state index contributed by atoms with van der Waals surface area (Å²) >= 11 is 0. The molecule has 4 saturated carbocycles. The summed E-state index contributed by atoms with van der Waals surface area (Å²) < 4.78 is 0. The molecule has 1 heteroatoms. The third-order valence-electron chi connectivity index (χ3n) is 12.9. The van der Waals surface area contributed by atoms with E-state index in [1.807, 2.05) is 5.57 Å². The first kappa shape index (κ1) is 22.5. The lowest BCUT2D eigenvalue weighted by molar-refractivity contribution is -0.285. The standard InChI is InChI=1S/C30H50O/c1-24(2)16-17-26(5)18-19-27(6)21(22(26)20-24)10-15-30(31)28(7)13-9-12-25(3,4)23(28)11-14-29(27,30)8/h23,31H,9-20H2,1-8H3/t23-,26+,27+,28-,29-,30-/m0/s1. The molecule has 5 aliphatic carbocycles. The van der Waals surface area contributed by atoms with Gasteiger partial charge in [0.25, 0.3) is 0 Å². The highest BCUT2D eigenvalue weighted by Gasteiger charge is 2.73. The minimum Gasteiger partial charge on any atom is -0.389 e. The minimum absolute atomic E-state index is 0.00216. The molecular formula is C30H50O. The Morgan fingerprint density at radius 1 is 0.710 bits per heavy atom. The molecule has 0 heterocycles. The van der Waals surface area contributed by atoms with E-state index in [1.54, 1.807) is 5.57 Å². The molecule has 0 unspecified atom stereocenters. The molecule has 1 N–H and O–H groups in total. The van der Waals surface area contributed by atoms with Crippen molar-refractivity contribution in [3.8, 4) is 0 Å². The van der Waals surface area contributed by atoms with Gasteiger partial charge in [-0.2, -0.15) is 0 Å². The van der Waals surface area contributed by atoms with Gasteiger partial charge in [-0.3, -0.25) is 0 Å². The number of allylic oxidation sites excluding steroid dienone is 2. The molecule has 0 aromatic heterocycles. The van der Waals surface area contributed by atoms with E-state index in [0.29, 0.717) is 22.2 Å². The van der Waals surface area contributed by atoms with Crippen molar-refractivity contribution in [2.24, 2.45) is 38.4 Å². The molecule has 0 amide bonds. The van der Waals surface area contributed by atoms with Gasteiger partial charge in [0.1, 0.15) is 0 Å². The molecule has 0 aromatic rings. The van der Waals surface area contributed by atoms with Crippen LogP contribution in [0.4, 0.5) is 0 Å². The van der Waals surface area contributed by atoms with Crippen molar-refractivity contribution in [2.75, 3.05) is 0 Å². The Hall–Kier alpha value is -0.300. The van der Waals surface area contributed by atoms with E-state index < -0.39 is 5.60 Å².